The number of hydrazone groups is 1. The zero-order valence-electron chi connectivity index (χ0n) is 11.1. The Labute approximate surface area is 123 Å². The van der Waals surface area contributed by atoms with Crippen molar-refractivity contribution in [2.45, 2.75) is 25.2 Å². The lowest BCUT2D eigenvalue weighted by Crippen LogP contribution is -2.19. The Morgan fingerprint density at radius 2 is 2.15 bits per heavy atom. The van der Waals surface area contributed by atoms with E-state index in [1.165, 1.54) is 12.1 Å². The van der Waals surface area contributed by atoms with E-state index >= 15 is 0 Å². The molecule has 1 amide bonds. The third-order valence-corrected chi connectivity index (χ3v) is 3.73. The normalized spacial score (nSPS) is 12.1. The number of benzene rings is 1. The number of carbonyl (C=O) groups excluding carboxylic acids is 1. The Balaban J connectivity index is 2.87. The number of amides is 1. The van der Waals surface area contributed by atoms with Crippen LogP contribution in [0.15, 0.2) is 28.2 Å². The van der Waals surface area contributed by atoms with Crippen LogP contribution in [0.1, 0.15) is 30.6 Å². The van der Waals surface area contributed by atoms with Crippen molar-refractivity contribution in [2.24, 2.45) is 16.2 Å². The van der Waals surface area contributed by atoms with Crippen LogP contribution in [0.25, 0.3) is 0 Å². The number of sulfonamides is 1. The topological polar surface area (TPSA) is 102 Å². The molecule has 3 N–H and O–H groups in total. The monoisotopic (exact) mass is 317 g/mol. The van der Waals surface area contributed by atoms with E-state index < -0.39 is 15.9 Å². The number of hydrogen-bond donors (Lipinski definition) is 2. The standard InChI is InChI=1S/C12H16ClN3O3S/c1-8(2)5-6-15-16-12(17)9-3-4-10(13)11(7-9)20(14,18)19/h3-4,6-8H,5H2,1-2H3,(H,16,17)(H2,14,18,19)/b15-6-. The van der Waals surface area contributed by atoms with Gasteiger partial charge in [0.25, 0.3) is 5.91 Å². The van der Waals surface area contributed by atoms with Gasteiger partial charge in [-0.1, -0.05) is 25.4 Å². The largest absolute Gasteiger partial charge is 0.271 e. The van der Waals surface area contributed by atoms with Crippen LogP contribution >= 0.6 is 11.6 Å². The lowest BCUT2D eigenvalue weighted by molar-refractivity contribution is 0.0955. The first-order valence-electron chi connectivity index (χ1n) is 5.86. The van der Waals surface area contributed by atoms with Gasteiger partial charge in [0.2, 0.25) is 10.0 Å². The molecule has 1 aromatic carbocycles. The lowest BCUT2D eigenvalue weighted by atomic mass is 10.2. The summed E-state index contributed by atoms with van der Waals surface area (Å²) in [5.41, 5.74) is 2.42. The van der Waals surface area contributed by atoms with Crippen LogP contribution < -0.4 is 10.6 Å². The predicted molar refractivity (Wildman–Crippen MR) is 78.2 cm³/mol. The van der Waals surface area contributed by atoms with Gasteiger partial charge in [-0.2, -0.15) is 5.10 Å². The van der Waals surface area contributed by atoms with Crippen LogP contribution in [0.4, 0.5) is 0 Å². The second-order valence-corrected chi connectivity index (χ2v) is 6.51. The fourth-order valence-electron chi connectivity index (χ4n) is 1.29. The minimum atomic E-state index is -3.98. The van der Waals surface area contributed by atoms with Crippen molar-refractivity contribution < 1.29 is 13.2 Å². The average molecular weight is 318 g/mol. The van der Waals surface area contributed by atoms with Crippen molar-refractivity contribution in [3.8, 4) is 0 Å². The van der Waals surface area contributed by atoms with Gasteiger partial charge in [0.1, 0.15) is 4.90 Å². The maximum atomic E-state index is 11.8. The molecule has 20 heavy (non-hydrogen) atoms. The van der Waals surface area contributed by atoms with E-state index in [9.17, 15) is 13.2 Å². The van der Waals surface area contributed by atoms with Gasteiger partial charge in [-0.15, -0.1) is 0 Å². The van der Waals surface area contributed by atoms with E-state index in [2.05, 4.69) is 10.5 Å². The summed E-state index contributed by atoms with van der Waals surface area (Å²) >= 11 is 5.73. The zero-order chi connectivity index (χ0) is 15.3. The summed E-state index contributed by atoms with van der Waals surface area (Å²) in [5.74, 6) is -0.105. The predicted octanol–water partition coefficient (Wildman–Crippen LogP) is 1.75. The average Bonchev–Trinajstić information content (AvgIpc) is 2.33. The van der Waals surface area contributed by atoms with Gasteiger partial charge in [-0.3, -0.25) is 4.79 Å². The molecule has 6 nitrogen and oxygen atoms in total. The van der Waals surface area contributed by atoms with E-state index in [1.807, 2.05) is 13.8 Å². The molecule has 0 unspecified atom stereocenters. The number of rotatable bonds is 5. The van der Waals surface area contributed by atoms with Gasteiger partial charge in [0, 0.05) is 11.8 Å². The number of carbonyl (C=O) groups is 1. The van der Waals surface area contributed by atoms with E-state index in [0.29, 0.717) is 5.92 Å². The van der Waals surface area contributed by atoms with Crippen molar-refractivity contribution >= 4 is 33.7 Å². The van der Waals surface area contributed by atoms with Crippen LogP contribution in [-0.2, 0) is 10.0 Å². The number of primary sulfonamides is 1. The summed E-state index contributed by atoms with van der Waals surface area (Å²) in [7, 11) is -3.98. The van der Waals surface area contributed by atoms with E-state index in [4.69, 9.17) is 16.7 Å². The molecular formula is C12H16ClN3O3S. The summed E-state index contributed by atoms with van der Waals surface area (Å²) in [5, 5.41) is 8.74. The van der Waals surface area contributed by atoms with E-state index in [0.717, 1.165) is 12.5 Å². The van der Waals surface area contributed by atoms with Gasteiger partial charge in [-0.05, 0) is 30.5 Å². The third-order valence-electron chi connectivity index (χ3n) is 2.33. The number of halogens is 1. The first kappa shape index (κ1) is 16.6. The molecule has 8 heteroatoms. The highest BCUT2D eigenvalue weighted by molar-refractivity contribution is 7.89. The molecule has 0 atom stereocenters. The Kier molecular flexibility index (Phi) is 5.67. The molecule has 0 fully saturated rings. The molecule has 110 valence electrons. The van der Waals surface area contributed by atoms with Gasteiger partial charge >= 0.3 is 0 Å². The summed E-state index contributed by atoms with van der Waals surface area (Å²) in [6.07, 6.45) is 2.31. The number of hydrogen-bond acceptors (Lipinski definition) is 4. The maximum Gasteiger partial charge on any atom is 0.271 e. The summed E-state index contributed by atoms with van der Waals surface area (Å²) in [6, 6.07) is 3.81. The number of nitrogens with two attached hydrogens (primary N) is 1. The van der Waals surface area contributed by atoms with Crippen molar-refractivity contribution in [3.63, 3.8) is 0 Å². The first-order valence-corrected chi connectivity index (χ1v) is 7.78. The highest BCUT2D eigenvalue weighted by Crippen LogP contribution is 2.21. The van der Waals surface area contributed by atoms with Crippen LogP contribution in [0.3, 0.4) is 0 Å². The van der Waals surface area contributed by atoms with Crippen molar-refractivity contribution in [1.29, 1.82) is 0 Å². The Morgan fingerprint density at radius 3 is 2.70 bits per heavy atom. The van der Waals surface area contributed by atoms with Crippen LogP contribution in [0.5, 0.6) is 0 Å². The molecule has 0 saturated heterocycles. The van der Waals surface area contributed by atoms with E-state index in [-0.39, 0.29) is 15.5 Å². The highest BCUT2D eigenvalue weighted by Gasteiger charge is 2.16. The van der Waals surface area contributed by atoms with Crippen LogP contribution in [0.2, 0.25) is 5.02 Å². The van der Waals surface area contributed by atoms with Gasteiger partial charge in [-0.25, -0.2) is 19.0 Å². The Hall–Kier alpha value is -1.44. The summed E-state index contributed by atoms with van der Waals surface area (Å²) < 4.78 is 22.6. The lowest BCUT2D eigenvalue weighted by Gasteiger charge is -2.05. The summed E-state index contributed by atoms with van der Waals surface area (Å²) in [6.45, 7) is 4.04. The Bertz CT molecular complexity index is 627. The van der Waals surface area contributed by atoms with Gasteiger partial charge in [0.05, 0.1) is 5.02 Å². The fourth-order valence-corrected chi connectivity index (χ4v) is 2.37. The molecule has 0 aliphatic rings. The minimum absolute atomic E-state index is 0.0349. The molecule has 0 aliphatic heterocycles. The summed E-state index contributed by atoms with van der Waals surface area (Å²) in [4.78, 5) is 11.5. The van der Waals surface area contributed by atoms with Gasteiger partial charge < -0.3 is 0 Å². The SMILES string of the molecule is CC(C)C/C=N\NC(=O)c1ccc(Cl)c(S(N)(=O)=O)c1. The molecule has 0 bridgehead atoms. The molecule has 0 saturated carbocycles. The van der Waals surface area contributed by atoms with E-state index in [1.54, 1.807) is 6.21 Å². The van der Waals surface area contributed by atoms with Gasteiger partial charge in [0.15, 0.2) is 0 Å². The smallest absolute Gasteiger partial charge is 0.267 e. The molecule has 0 aliphatic carbocycles. The quantitative estimate of drug-likeness (QED) is 0.639. The molecule has 0 heterocycles. The molecule has 0 spiro atoms. The van der Waals surface area contributed by atoms with Crippen molar-refractivity contribution in [2.75, 3.05) is 0 Å². The van der Waals surface area contributed by atoms with Crippen LogP contribution in [0, 0.1) is 5.92 Å². The van der Waals surface area contributed by atoms with Crippen LogP contribution in [-0.4, -0.2) is 20.5 Å². The Morgan fingerprint density at radius 1 is 1.50 bits per heavy atom. The fraction of sp³-hybridized carbons (Fsp3) is 0.333. The zero-order valence-corrected chi connectivity index (χ0v) is 12.7. The number of nitrogens with one attached hydrogen (secondary N) is 1. The highest BCUT2D eigenvalue weighted by atomic mass is 35.5. The molecule has 1 aromatic rings. The first-order chi connectivity index (χ1) is 9.21. The van der Waals surface area contributed by atoms with Crippen molar-refractivity contribution in [1.82, 2.24) is 5.43 Å². The molecular weight excluding hydrogens is 302 g/mol. The molecule has 0 aromatic heterocycles. The second-order valence-electron chi connectivity index (χ2n) is 4.57. The number of nitrogens with zero attached hydrogens (tertiary/aromatic N) is 1. The maximum absolute atomic E-state index is 11.8. The third kappa shape index (κ3) is 4.92. The molecule has 0 radical (unpaired) electrons. The second kappa shape index (κ2) is 6.83. The minimum Gasteiger partial charge on any atom is -0.267 e. The molecule has 1 rings (SSSR count). The van der Waals surface area contributed by atoms with Crippen molar-refractivity contribution in [3.05, 3.63) is 28.8 Å².